The van der Waals surface area contributed by atoms with Crippen LogP contribution in [0.3, 0.4) is 0 Å². The molecule has 1 unspecified atom stereocenters. The van der Waals surface area contributed by atoms with Gasteiger partial charge in [0.2, 0.25) is 10.0 Å². The molecule has 1 atom stereocenters. The van der Waals surface area contributed by atoms with Crippen molar-refractivity contribution in [3.63, 3.8) is 0 Å². The number of hydrogen-bond donors (Lipinski definition) is 2. The van der Waals surface area contributed by atoms with Gasteiger partial charge in [0.1, 0.15) is 5.75 Å². The van der Waals surface area contributed by atoms with Crippen molar-refractivity contribution in [2.45, 2.75) is 11.0 Å². The predicted octanol–water partition coefficient (Wildman–Crippen LogP) is 1.80. The molecular formula is C17H18N2O6S. The van der Waals surface area contributed by atoms with Crippen LogP contribution < -0.4 is 15.2 Å². The number of rotatable bonds is 7. The number of sulfonamides is 1. The Hall–Kier alpha value is -2.62. The van der Waals surface area contributed by atoms with Gasteiger partial charge in [-0.2, -0.15) is 0 Å². The first kappa shape index (κ1) is 18.2. The number of hydrogen-bond acceptors (Lipinski definition) is 6. The zero-order valence-corrected chi connectivity index (χ0v) is 15.0. The third-order valence-corrected chi connectivity index (χ3v) is 5.33. The third-order valence-electron chi connectivity index (χ3n) is 3.91. The number of fused-ring (bicyclic) bond motifs is 1. The van der Waals surface area contributed by atoms with Crippen molar-refractivity contribution in [1.82, 2.24) is 9.71 Å². The average molecular weight is 378 g/mol. The number of oxazole rings is 1. The van der Waals surface area contributed by atoms with Crippen LogP contribution >= 0.6 is 0 Å². The Morgan fingerprint density at radius 3 is 2.73 bits per heavy atom. The van der Waals surface area contributed by atoms with E-state index in [0.717, 1.165) is 5.56 Å². The standard InChI is InChI=1S/C17H18N2O6S/c1-23-12-5-3-4-11(8-12)16(24-2)10-18-26(21,22)13-6-7-15-14(9-13)19-17(20)25-15/h3-9,16,18H,10H2,1-2H3,(H,19,20). The molecule has 8 nitrogen and oxygen atoms in total. The Kier molecular flexibility index (Phi) is 5.12. The summed E-state index contributed by atoms with van der Waals surface area (Å²) < 4.78 is 43.0. The second-order valence-corrected chi connectivity index (χ2v) is 7.29. The predicted molar refractivity (Wildman–Crippen MR) is 94.8 cm³/mol. The summed E-state index contributed by atoms with van der Waals surface area (Å²) in [7, 11) is -0.740. The highest BCUT2D eigenvalue weighted by Gasteiger charge is 2.19. The van der Waals surface area contributed by atoms with Gasteiger partial charge in [0.05, 0.1) is 23.6 Å². The number of H-pyrrole nitrogens is 1. The fourth-order valence-corrected chi connectivity index (χ4v) is 3.60. The van der Waals surface area contributed by atoms with Gasteiger partial charge < -0.3 is 13.9 Å². The normalized spacial score (nSPS) is 13.0. The summed E-state index contributed by atoms with van der Waals surface area (Å²) in [5.41, 5.74) is 1.39. The van der Waals surface area contributed by atoms with Gasteiger partial charge in [-0.25, -0.2) is 17.9 Å². The molecular weight excluding hydrogens is 360 g/mol. The van der Waals surface area contributed by atoms with Crippen LogP contribution in [0.25, 0.3) is 11.1 Å². The SMILES string of the molecule is COc1cccc(C(CNS(=O)(=O)c2ccc3oc(=O)[nH]c3c2)OC)c1. The highest BCUT2D eigenvalue weighted by molar-refractivity contribution is 7.89. The molecule has 0 aliphatic rings. The van der Waals surface area contributed by atoms with Crippen molar-refractivity contribution in [3.05, 3.63) is 58.6 Å². The average Bonchev–Trinajstić information content (AvgIpc) is 3.01. The highest BCUT2D eigenvalue weighted by atomic mass is 32.2. The van der Waals surface area contributed by atoms with Crippen LogP contribution in [0, 0.1) is 0 Å². The van der Waals surface area contributed by atoms with E-state index in [1.807, 2.05) is 6.07 Å². The second-order valence-electron chi connectivity index (χ2n) is 5.53. The van der Waals surface area contributed by atoms with E-state index in [1.54, 1.807) is 25.3 Å². The summed E-state index contributed by atoms with van der Waals surface area (Å²) in [5.74, 6) is 0.0155. The number of aromatic nitrogens is 1. The van der Waals surface area contributed by atoms with Crippen LogP contribution in [0.4, 0.5) is 0 Å². The molecule has 0 spiro atoms. The zero-order chi connectivity index (χ0) is 18.7. The molecule has 0 amide bonds. The number of nitrogens with one attached hydrogen (secondary N) is 2. The van der Waals surface area contributed by atoms with Gasteiger partial charge in [0.25, 0.3) is 0 Å². The van der Waals surface area contributed by atoms with Crippen molar-refractivity contribution < 1.29 is 22.3 Å². The highest BCUT2D eigenvalue weighted by Crippen LogP contribution is 2.22. The summed E-state index contributed by atoms with van der Waals surface area (Å²) >= 11 is 0. The Bertz CT molecular complexity index is 1070. The van der Waals surface area contributed by atoms with Gasteiger partial charge in [0.15, 0.2) is 5.58 Å². The van der Waals surface area contributed by atoms with Crippen molar-refractivity contribution >= 4 is 21.1 Å². The number of aromatic amines is 1. The summed E-state index contributed by atoms with van der Waals surface area (Å²) in [6.07, 6.45) is -0.489. The fraction of sp³-hybridized carbons (Fsp3) is 0.235. The molecule has 1 heterocycles. The molecule has 0 aliphatic heterocycles. The lowest BCUT2D eigenvalue weighted by Crippen LogP contribution is -2.29. The van der Waals surface area contributed by atoms with Crippen molar-refractivity contribution in [2.75, 3.05) is 20.8 Å². The molecule has 0 saturated heterocycles. The van der Waals surface area contributed by atoms with E-state index in [1.165, 1.54) is 25.3 Å². The largest absolute Gasteiger partial charge is 0.497 e. The molecule has 0 bridgehead atoms. The van der Waals surface area contributed by atoms with E-state index < -0.39 is 21.9 Å². The maximum atomic E-state index is 12.5. The van der Waals surface area contributed by atoms with Gasteiger partial charge in [-0.15, -0.1) is 0 Å². The van der Waals surface area contributed by atoms with E-state index in [-0.39, 0.29) is 11.4 Å². The molecule has 0 radical (unpaired) electrons. The number of benzene rings is 2. The van der Waals surface area contributed by atoms with Crippen LogP contribution in [-0.2, 0) is 14.8 Å². The maximum absolute atomic E-state index is 12.5. The number of ether oxygens (including phenoxy) is 2. The van der Waals surface area contributed by atoms with Gasteiger partial charge >= 0.3 is 5.76 Å². The van der Waals surface area contributed by atoms with E-state index in [4.69, 9.17) is 13.9 Å². The van der Waals surface area contributed by atoms with Gasteiger partial charge in [-0.1, -0.05) is 12.1 Å². The molecule has 9 heteroatoms. The fourth-order valence-electron chi connectivity index (χ4n) is 2.55. The third kappa shape index (κ3) is 3.79. The maximum Gasteiger partial charge on any atom is 0.417 e. The van der Waals surface area contributed by atoms with Crippen molar-refractivity contribution in [1.29, 1.82) is 0 Å². The molecule has 3 rings (SSSR count). The Labute approximate surface area is 149 Å². The van der Waals surface area contributed by atoms with Crippen LogP contribution in [0.5, 0.6) is 5.75 Å². The minimum atomic E-state index is -3.80. The topological polar surface area (TPSA) is 111 Å². The van der Waals surface area contributed by atoms with Gasteiger partial charge in [-0.3, -0.25) is 4.98 Å². The minimum absolute atomic E-state index is 0.0162. The van der Waals surface area contributed by atoms with E-state index >= 15 is 0 Å². The molecule has 3 aromatic rings. The smallest absolute Gasteiger partial charge is 0.417 e. The van der Waals surface area contributed by atoms with E-state index in [9.17, 15) is 13.2 Å². The second kappa shape index (κ2) is 7.32. The molecule has 2 N–H and O–H groups in total. The summed E-state index contributed by atoms with van der Waals surface area (Å²) in [6, 6.07) is 11.3. The van der Waals surface area contributed by atoms with Gasteiger partial charge in [-0.05, 0) is 35.9 Å². The molecule has 0 saturated carbocycles. The van der Waals surface area contributed by atoms with Crippen LogP contribution in [0.1, 0.15) is 11.7 Å². The summed E-state index contributed by atoms with van der Waals surface area (Å²) in [4.78, 5) is 13.6. The zero-order valence-electron chi connectivity index (χ0n) is 14.2. The van der Waals surface area contributed by atoms with Crippen molar-refractivity contribution in [2.24, 2.45) is 0 Å². The Morgan fingerprint density at radius 2 is 2.00 bits per heavy atom. The van der Waals surface area contributed by atoms with Crippen LogP contribution in [0.2, 0.25) is 0 Å². The van der Waals surface area contributed by atoms with E-state index in [0.29, 0.717) is 16.8 Å². The molecule has 138 valence electrons. The van der Waals surface area contributed by atoms with Crippen LogP contribution in [-0.4, -0.2) is 34.2 Å². The van der Waals surface area contributed by atoms with Gasteiger partial charge in [0, 0.05) is 13.7 Å². The summed E-state index contributed by atoms with van der Waals surface area (Å²) in [5, 5.41) is 0. The lowest BCUT2D eigenvalue weighted by Gasteiger charge is -2.17. The quantitative estimate of drug-likeness (QED) is 0.649. The Balaban J connectivity index is 1.79. The molecule has 2 aromatic carbocycles. The first-order valence-electron chi connectivity index (χ1n) is 7.72. The molecule has 0 fully saturated rings. The first-order chi connectivity index (χ1) is 12.4. The minimum Gasteiger partial charge on any atom is -0.497 e. The van der Waals surface area contributed by atoms with Crippen LogP contribution in [0.15, 0.2) is 56.6 Å². The lowest BCUT2D eigenvalue weighted by molar-refractivity contribution is 0.107. The molecule has 26 heavy (non-hydrogen) atoms. The molecule has 1 aromatic heterocycles. The monoisotopic (exact) mass is 378 g/mol. The van der Waals surface area contributed by atoms with E-state index in [2.05, 4.69) is 9.71 Å². The lowest BCUT2D eigenvalue weighted by atomic mass is 10.1. The Morgan fingerprint density at radius 1 is 1.19 bits per heavy atom. The first-order valence-corrected chi connectivity index (χ1v) is 9.20. The van der Waals surface area contributed by atoms with Crippen molar-refractivity contribution in [3.8, 4) is 5.75 Å². The summed E-state index contributed by atoms with van der Waals surface area (Å²) in [6.45, 7) is 0.0337. The number of methoxy groups -OCH3 is 2. The molecule has 0 aliphatic carbocycles.